The van der Waals surface area contributed by atoms with Crippen LogP contribution in [0.5, 0.6) is 0 Å². The van der Waals surface area contributed by atoms with Crippen molar-refractivity contribution in [2.75, 3.05) is 26.7 Å². The molecule has 3 N–H and O–H groups in total. The Labute approximate surface area is 80.9 Å². The Bertz CT molecular complexity index is 135. The average molecular weight is 186 g/mol. The van der Waals surface area contributed by atoms with Crippen molar-refractivity contribution in [3.63, 3.8) is 0 Å². The van der Waals surface area contributed by atoms with E-state index in [4.69, 9.17) is 10.8 Å². The number of hydrogen-bond acceptors (Lipinski definition) is 3. The van der Waals surface area contributed by atoms with Gasteiger partial charge in [0.1, 0.15) is 0 Å². The van der Waals surface area contributed by atoms with Gasteiger partial charge in [-0.15, -0.1) is 0 Å². The minimum absolute atomic E-state index is 0.0774. The number of likely N-dealkylation sites (N-methyl/N-ethyl adjacent to an activating group) is 1. The maximum absolute atomic E-state index is 8.79. The van der Waals surface area contributed by atoms with Crippen molar-refractivity contribution >= 4 is 0 Å². The third kappa shape index (κ3) is 4.07. The summed E-state index contributed by atoms with van der Waals surface area (Å²) in [6, 6.07) is -0.0774. The largest absolute Gasteiger partial charge is 0.395 e. The summed E-state index contributed by atoms with van der Waals surface area (Å²) < 4.78 is 0. The summed E-state index contributed by atoms with van der Waals surface area (Å²) in [5, 5.41) is 8.79. The van der Waals surface area contributed by atoms with Crippen LogP contribution in [0, 0.1) is 5.92 Å². The van der Waals surface area contributed by atoms with Gasteiger partial charge in [0.15, 0.2) is 0 Å². The zero-order valence-electron chi connectivity index (χ0n) is 8.58. The molecule has 0 bridgehead atoms. The van der Waals surface area contributed by atoms with Gasteiger partial charge in [-0.2, -0.15) is 0 Å². The predicted octanol–water partition coefficient (Wildman–Crippen LogP) is 0.428. The molecule has 1 atom stereocenters. The van der Waals surface area contributed by atoms with E-state index < -0.39 is 0 Å². The number of nitrogens with two attached hydrogens (primary N) is 1. The molecule has 1 aliphatic carbocycles. The molecule has 0 heterocycles. The fourth-order valence-corrected chi connectivity index (χ4v) is 2.17. The van der Waals surface area contributed by atoms with Gasteiger partial charge in [0.05, 0.1) is 6.61 Å². The number of hydrogen-bond donors (Lipinski definition) is 2. The van der Waals surface area contributed by atoms with Gasteiger partial charge >= 0.3 is 0 Å². The topological polar surface area (TPSA) is 49.5 Å². The molecule has 3 nitrogen and oxygen atoms in total. The first-order valence-electron chi connectivity index (χ1n) is 5.27. The van der Waals surface area contributed by atoms with Crippen LogP contribution in [0.3, 0.4) is 0 Å². The van der Waals surface area contributed by atoms with E-state index in [0.717, 1.165) is 19.0 Å². The standard InChI is InChI=1S/C10H22N2O/c1-12(7-10(11)8-13)6-9-4-2-3-5-9/h9-10,13H,2-8,11H2,1H3. The minimum atomic E-state index is -0.0774. The first kappa shape index (κ1) is 11.0. The van der Waals surface area contributed by atoms with E-state index >= 15 is 0 Å². The highest BCUT2D eigenvalue weighted by molar-refractivity contribution is 4.72. The van der Waals surface area contributed by atoms with Crippen molar-refractivity contribution in [2.45, 2.75) is 31.7 Å². The quantitative estimate of drug-likeness (QED) is 0.654. The van der Waals surface area contributed by atoms with Gasteiger partial charge in [0.25, 0.3) is 0 Å². The molecule has 0 saturated heterocycles. The Kier molecular flexibility index (Phi) is 4.70. The van der Waals surface area contributed by atoms with Gasteiger partial charge < -0.3 is 15.7 Å². The number of aliphatic hydroxyl groups is 1. The fourth-order valence-electron chi connectivity index (χ4n) is 2.17. The highest BCUT2D eigenvalue weighted by atomic mass is 16.3. The summed E-state index contributed by atoms with van der Waals surface area (Å²) in [5.74, 6) is 0.871. The zero-order chi connectivity index (χ0) is 9.68. The molecule has 1 saturated carbocycles. The summed E-state index contributed by atoms with van der Waals surface area (Å²) in [6.45, 7) is 2.05. The second-order valence-corrected chi connectivity index (χ2v) is 4.31. The van der Waals surface area contributed by atoms with Crippen LogP contribution < -0.4 is 5.73 Å². The van der Waals surface area contributed by atoms with Crippen LogP contribution in [0.2, 0.25) is 0 Å². The van der Waals surface area contributed by atoms with Crippen LogP contribution in [0.4, 0.5) is 0 Å². The fraction of sp³-hybridized carbons (Fsp3) is 1.00. The molecule has 1 fully saturated rings. The predicted molar refractivity (Wildman–Crippen MR) is 54.5 cm³/mol. The van der Waals surface area contributed by atoms with E-state index in [1.807, 2.05) is 0 Å². The van der Waals surface area contributed by atoms with Crippen molar-refractivity contribution in [1.29, 1.82) is 0 Å². The molecule has 1 unspecified atom stereocenters. The Morgan fingerprint density at radius 3 is 2.62 bits per heavy atom. The molecule has 0 aromatic rings. The van der Waals surface area contributed by atoms with E-state index in [1.165, 1.54) is 25.7 Å². The van der Waals surface area contributed by atoms with Crippen molar-refractivity contribution in [2.24, 2.45) is 11.7 Å². The molecule has 0 spiro atoms. The van der Waals surface area contributed by atoms with Gasteiger partial charge in [0, 0.05) is 19.1 Å². The summed E-state index contributed by atoms with van der Waals surface area (Å²) in [6.07, 6.45) is 5.53. The van der Waals surface area contributed by atoms with E-state index in [0.29, 0.717) is 0 Å². The van der Waals surface area contributed by atoms with Crippen molar-refractivity contribution in [3.8, 4) is 0 Å². The Hall–Kier alpha value is -0.120. The highest BCUT2D eigenvalue weighted by Crippen LogP contribution is 2.24. The molecule has 0 aromatic carbocycles. The first-order valence-corrected chi connectivity index (χ1v) is 5.27. The smallest absolute Gasteiger partial charge is 0.0595 e. The van der Waals surface area contributed by atoms with Gasteiger partial charge in [-0.05, 0) is 25.8 Å². The lowest BCUT2D eigenvalue weighted by atomic mass is 10.1. The van der Waals surface area contributed by atoms with E-state index in [2.05, 4.69) is 11.9 Å². The van der Waals surface area contributed by atoms with Gasteiger partial charge in [-0.3, -0.25) is 0 Å². The Morgan fingerprint density at radius 1 is 1.46 bits per heavy atom. The molecule has 3 heteroatoms. The molecule has 0 aliphatic heterocycles. The van der Waals surface area contributed by atoms with Crippen LogP contribution in [0.1, 0.15) is 25.7 Å². The molecular weight excluding hydrogens is 164 g/mol. The minimum Gasteiger partial charge on any atom is -0.395 e. The maximum Gasteiger partial charge on any atom is 0.0595 e. The molecule has 13 heavy (non-hydrogen) atoms. The number of aliphatic hydroxyl groups excluding tert-OH is 1. The number of nitrogens with zero attached hydrogens (tertiary/aromatic N) is 1. The van der Waals surface area contributed by atoms with Crippen LogP contribution >= 0.6 is 0 Å². The van der Waals surface area contributed by atoms with Gasteiger partial charge in [0.2, 0.25) is 0 Å². The SMILES string of the molecule is CN(CC(N)CO)CC1CCCC1. The molecular formula is C10H22N2O. The van der Waals surface area contributed by atoms with Crippen molar-refractivity contribution in [3.05, 3.63) is 0 Å². The molecule has 1 rings (SSSR count). The molecule has 0 aromatic heterocycles. The lowest BCUT2D eigenvalue weighted by Crippen LogP contribution is -2.39. The van der Waals surface area contributed by atoms with Crippen LogP contribution in [-0.4, -0.2) is 42.8 Å². The molecule has 1 aliphatic rings. The summed E-state index contributed by atoms with van der Waals surface area (Å²) in [7, 11) is 2.09. The number of rotatable bonds is 5. The van der Waals surface area contributed by atoms with E-state index in [1.54, 1.807) is 0 Å². The first-order chi connectivity index (χ1) is 6.22. The molecule has 0 radical (unpaired) electrons. The summed E-state index contributed by atoms with van der Waals surface area (Å²) >= 11 is 0. The van der Waals surface area contributed by atoms with E-state index in [9.17, 15) is 0 Å². The second kappa shape index (κ2) is 5.58. The second-order valence-electron chi connectivity index (χ2n) is 4.31. The Morgan fingerprint density at radius 2 is 2.08 bits per heavy atom. The highest BCUT2D eigenvalue weighted by Gasteiger charge is 2.17. The zero-order valence-corrected chi connectivity index (χ0v) is 8.58. The third-order valence-electron chi connectivity index (χ3n) is 2.83. The van der Waals surface area contributed by atoms with Gasteiger partial charge in [-0.1, -0.05) is 12.8 Å². The Balaban J connectivity index is 2.12. The van der Waals surface area contributed by atoms with E-state index in [-0.39, 0.29) is 12.6 Å². The van der Waals surface area contributed by atoms with Crippen LogP contribution in [0.25, 0.3) is 0 Å². The summed E-state index contributed by atoms with van der Waals surface area (Å²) in [5.41, 5.74) is 5.66. The van der Waals surface area contributed by atoms with Crippen LogP contribution in [0.15, 0.2) is 0 Å². The van der Waals surface area contributed by atoms with Gasteiger partial charge in [-0.25, -0.2) is 0 Å². The monoisotopic (exact) mass is 186 g/mol. The van der Waals surface area contributed by atoms with Crippen LogP contribution in [-0.2, 0) is 0 Å². The molecule has 0 amide bonds. The molecule has 78 valence electrons. The maximum atomic E-state index is 8.79. The van der Waals surface area contributed by atoms with Crippen molar-refractivity contribution < 1.29 is 5.11 Å². The van der Waals surface area contributed by atoms with Crippen molar-refractivity contribution in [1.82, 2.24) is 4.90 Å². The normalized spacial score (nSPS) is 21.2. The lowest BCUT2D eigenvalue weighted by Gasteiger charge is -2.23. The average Bonchev–Trinajstić information content (AvgIpc) is 2.56. The third-order valence-corrected chi connectivity index (χ3v) is 2.83. The summed E-state index contributed by atoms with van der Waals surface area (Å²) in [4.78, 5) is 2.25. The lowest BCUT2D eigenvalue weighted by molar-refractivity contribution is 0.207.